The predicted octanol–water partition coefficient (Wildman–Crippen LogP) is 2.90. The quantitative estimate of drug-likeness (QED) is 0.684. The summed E-state index contributed by atoms with van der Waals surface area (Å²) in [5.74, 6) is -1.24. The van der Waals surface area contributed by atoms with E-state index in [0.717, 1.165) is 28.2 Å². The van der Waals surface area contributed by atoms with E-state index in [1.54, 1.807) is 0 Å². The first kappa shape index (κ1) is 12.5. The maximum Gasteiger partial charge on any atom is 0.337 e. The Labute approximate surface area is 109 Å². The highest BCUT2D eigenvalue weighted by molar-refractivity contribution is 8.01. The van der Waals surface area contributed by atoms with Crippen LogP contribution in [0.25, 0.3) is 0 Å². The van der Waals surface area contributed by atoms with Crippen LogP contribution < -0.4 is 0 Å². The molecule has 0 bridgehead atoms. The molecular formula is C10H6N2O4S2. The van der Waals surface area contributed by atoms with E-state index in [4.69, 9.17) is 5.11 Å². The van der Waals surface area contributed by atoms with E-state index < -0.39 is 10.9 Å². The highest BCUT2D eigenvalue weighted by Gasteiger charge is 2.19. The molecule has 0 radical (unpaired) electrons. The molecule has 0 aliphatic carbocycles. The van der Waals surface area contributed by atoms with E-state index in [1.165, 1.54) is 11.3 Å². The molecule has 0 aliphatic rings. The predicted molar refractivity (Wildman–Crippen MR) is 66.3 cm³/mol. The number of carbonyl (C=O) groups is 1. The molecule has 2 rings (SSSR count). The Morgan fingerprint density at radius 2 is 2.33 bits per heavy atom. The standard InChI is InChI=1S/C10H6N2O4S2/c13-10(14)6-4-7(12(15)16)9(11-5-6)18-8-2-1-3-17-8/h1-5H,(H,13,14). The summed E-state index contributed by atoms with van der Waals surface area (Å²) in [4.78, 5) is 24.8. The smallest absolute Gasteiger partial charge is 0.337 e. The minimum Gasteiger partial charge on any atom is -0.478 e. The number of aromatic carboxylic acids is 1. The third kappa shape index (κ3) is 2.66. The summed E-state index contributed by atoms with van der Waals surface area (Å²) in [7, 11) is 0. The summed E-state index contributed by atoms with van der Waals surface area (Å²) in [6.07, 6.45) is 1.12. The molecule has 0 unspecified atom stereocenters. The van der Waals surface area contributed by atoms with Gasteiger partial charge in [0.2, 0.25) is 0 Å². The number of aromatic nitrogens is 1. The molecule has 0 fully saturated rings. The number of pyridine rings is 1. The van der Waals surface area contributed by atoms with Crippen LogP contribution >= 0.6 is 23.1 Å². The average molecular weight is 282 g/mol. The molecule has 1 N–H and O–H groups in total. The van der Waals surface area contributed by atoms with E-state index in [1.807, 2.05) is 17.5 Å². The molecule has 0 spiro atoms. The van der Waals surface area contributed by atoms with Crippen LogP contribution in [0.1, 0.15) is 10.4 Å². The van der Waals surface area contributed by atoms with Gasteiger partial charge in [0.15, 0.2) is 5.03 Å². The minimum absolute atomic E-state index is 0.187. The van der Waals surface area contributed by atoms with Gasteiger partial charge in [-0.15, -0.1) is 11.3 Å². The number of hydrogen-bond donors (Lipinski definition) is 1. The third-order valence-electron chi connectivity index (χ3n) is 1.97. The second-order valence-electron chi connectivity index (χ2n) is 3.14. The van der Waals surface area contributed by atoms with Gasteiger partial charge in [-0.05, 0) is 11.4 Å². The van der Waals surface area contributed by atoms with Crippen LogP contribution in [0.15, 0.2) is 39.0 Å². The van der Waals surface area contributed by atoms with E-state index in [-0.39, 0.29) is 16.3 Å². The zero-order valence-electron chi connectivity index (χ0n) is 8.77. The van der Waals surface area contributed by atoms with Crippen molar-refractivity contribution in [1.29, 1.82) is 0 Å². The van der Waals surface area contributed by atoms with Gasteiger partial charge in [-0.1, -0.05) is 17.8 Å². The van der Waals surface area contributed by atoms with Crippen LogP contribution in [0.3, 0.4) is 0 Å². The molecule has 8 heteroatoms. The Morgan fingerprint density at radius 1 is 1.56 bits per heavy atom. The lowest BCUT2D eigenvalue weighted by molar-refractivity contribution is -0.388. The molecule has 0 aromatic carbocycles. The second kappa shape index (κ2) is 5.15. The van der Waals surface area contributed by atoms with Gasteiger partial charge in [0, 0.05) is 12.3 Å². The van der Waals surface area contributed by atoms with Gasteiger partial charge in [-0.25, -0.2) is 9.78 Å². The molecule has 6 nitrogen and oxygen atoms in total. The van der Waals surface area contributed by atoms with E-state index >= 15 is 0 Å². The average Bonchev–Trinajstić information content (AvgIpc) is 2.81. The van der Waals surface area contributed by atoms with Crippen molar-refractivity contribution in [2.45, 2.75) is 9.24 Å². The summed E-state index contributed by atoms with van der Waals surface area (Å²) < 4.78 is 0.855. The number of hydrogen-bond acceptors (Lipinski definition) is 6. The van der Waals surface area contributed by atoms with Crippen molar-refractivity contribution < 1.29 is 14.8 Å². The minimum atomic E-state index is -1.24. The molecule has 2 aromatic heterocycles. The maximum atomic E-state index is 10.9. The molecule has 18 heavy (non-hydrogen) atoms. The zero-order valence-corrected chi connectivity index (χ0v) is 10.4. The molecular weight excluding hydrogens is 276 g/mol. The Morgan fingerprint density at radius 3 is 2.89 bits per heavy atom. The van der Waals surface area contributed by atoms with Crippen molar-refractivity contribution in [3.8, 4) is 0 Å². The van der Waals surface area contributed by atoms with Gasteiger partial charge in [-0.2, -0.15) is 0 Å². The first-order valence-electron chi connectivity index (χ1n) is 4.67. The van der Waals surface area contributed by atoms with E-state index in [9.17, 15) is 14.9 Å². The number of thiophene rings is 1. The van der Waals surface area contributed by atoms with E-state index in [2.05, 4.69) is 4.98 Å². The number of nitro groups is 1. The van der Waals surface area contributed by atoms with Gasteiger partial charge < -0.3 is 5.11 Å². The van der Waals surface area contributed by atoms with Crippen LogP contribution in [0, 0.1) is 10.1 Å². The number of rotatable bonds is 4. The Kier molecular flexibility index (Phi) is 3.58. The number of carboxylic acids is 1. The molecule has 0 atom stereocenters. The lowest BCUT2D eigenvalue weighted by Crippen LogP contribution is -2.01. The number of carboxylic acid groups (broad SMARTS) is 1. The van der Waals surface area contributed by atoms with Gasteiger partial charge >= 0.3 is 11.7 Å². The number of nitrogens with zero attached hydrogens (tertiary/aromatic N) is 2. The Hall–Kier alpha value is -1.93. The largest absolute Gasteiger partial charge is 0.478 e. The van der Waals surface area contributed by atoms with E-state index in [0.29, 0.717) is 0 Å². The monoisotopic (exact) mass is 282 g/mol. The normalized spacial score (nSPS) is 10.2. The van der Waals surface area contributed by atoms with Crippen molar-refractivity contribution in [1.82, 2.24) is 4.98 Å². The summed E-state index contributed by atoms with van der Waals surface area (Å²) >= 11 is 2.58. The first-order valence-corrected chi connectivity index (χ1v) is 6.36. The van der Waals surface area contributed by atoms with Crippen molar-refractivity contribution in [3.63, 3.8) is 0 Å². The van der Waals surface area contributed by atoms with Crippen LogP contribution in [-0.2, 0) is 0 Å². The molecule has 2 aromatic rings. The second-order valence-corrected chi connectivity index (χ2v) is 5.38. The van der Waals surface area contributed by atoms with Crippen molar-refractivity contribution in [2.75, 3.05) is 0 Å². The Bertz CT molecular complexity index is 598. The molecule has 0 saturated heterocycles. The maximum absolute atomic E-state index is 10.9. The Balaban J connectivity index is 2.40. The van der Waals surface area contributed by atoms with Crippen LogP contribution in [-0.4, -0.2) is 21.0 Å². The zero-order chi connectivity index (χ0) is 13.1. The van der Waals surface area contributed by atoms with Crippen LogP contribution in [0.2, 0.25) is 0 Å². The SMILES string of the molecule is O=C(O)c1cnc(Sc2cccs2)c([N+](=O)[O-])c1. The molecule has 0 saturated carbocycles. The van der Waals surface area contributed by atoms with Crippen molar-refractivity contribution >= 4 is 34.8 Å². The fourth-order valence-corrected chi connectivity index (χ4v) is 2.91. The fourth-order valence-electron chi connectivity index (χ4n) is 1.18. The summed E-state index contributed by atoms with van der Waals surface area (Å²) in [5, 5.41) is 21.7. The van der Waals surface area contributed by atoms with Crippen LogP contribution in [0.5, 0.6) is 0 Å². The molecule has 0 aliphatic heterocycles. The van der Waals surface area contributed by atoms with Gasteiger partial charge in [0.1, 0.15) is 0 Å². The highest BCUT2D eigenvalue weighted by Crippen LogP contribution is 2.35. The van der Waals surface area contributed by atoms with Gasteiger partial charge in [0.05, 0.1) is 14.7 Å². The summed E-state index contributed by atoms with van der Waals surface area (Å²) in [6, 6.07) is 4.65. The van der Waals surface area contributed by atoms with Crippen molar-refractivity contribution in [2.24, 2.45) is 0 Å². The fraction of sp³-hybridized carbons (Fsp3) is 0. The van der Waals surface area contributed by atoms with Crippen LogP contribution in [0.4, 0.5) is 5.69 Å². The highest BCUT2D eigenvalue weighted by atomic mass is 32.2. The third-order valence-corrected chi connectivity index (χ3v) is 4.01. The molecule has 92 valence electrons. The lowest BCUT2D eigenvalue weighted by Gasteiger charge is -2.01. The van der Waals surface area contributed by atoms with Gasteiger partial charge in [0.25, 0.3) is 0 Å². The van der Waals surface area contributed by atoms with Crippen molar-refractivity contribution in [3.05, 3.63) is 45.5 Å². The van der Waals surface area contributed by atoms with Gasteiger partial charge in [-0.3, -0.25) is 10.1 Å². The molecule has 2 heterocycles. The summed E-state index contributed by atoms with van der Waals surface area (Å²) in [6.45, 7) is 0. The molecule has 0 amide bonds. The topological polar surface area (TPSA) is 93.3 Å². The lowest BCUT2D eigenvalue weighted by atomic mass is 10.3. The summed E-state index contributed by atoms with van der Waals surface area (Å²) in [5.41, 5.74) is -0.495. The first-order chi connectivity index (χ1) is 8.58.